The number of hydrogen-bond donors (Lipinski definition) is 2. The zero-order valence-electron chi connectivity index (χ0n) is 9.96. The second-order valence-electron chi connectivity index (χ2n) is 3.95. The Bertz CT molecular complexity index is 366. The fourth-order valence-corrected chi connectivity index (χ4v) is 1.73. The normalized spacial score (nSPS) is 10.4. The van der Waals surface area contributed by atoms with Crippen LogP contribution in [0.5, 0.6) is 0 Å². The molecule has 3 N–H and O–H groups in total. The summed E-state index contributed by atoms with van der Waals surface area (Å²) >= 11 is 0. The molecule has 0 aromatic heterocycles. The van der Waals surface area contributed by atoms with E-state index < -0.39 is 5.91 Å². The molecule has 1 aromatic carbocycles. The molecular formula is C12H18N2O2. The number of carbonyl (C=O) groups is 1. The molecule has 0 aliphatic heterocycles. The van der Waals surface area contributed by atoms with Crippen LogP contribution in [0.15, 0.2) is 12.1 Å². The number of benzene rings is 1. The molecule has 1 rings (SSSR count). The summed E-state index contributed by atoms with van der Waals surface area (Å²) in [6.45, 7) is 6.66. The number of carbonyl (C=O) groups excluding carboxylic acids is 1. The van der Waals surface area contributed by atoms with E-state index in [9.17, 15) is 4.79 Å². The van der Waals surface area contributed by atoms with Crippen LogP contribution in [0.3, 0.4) is 0 Å². The lowest BCUT2D eigenvalue weighted by molar-refractivity contribution is -0.125. The number of rotatable bonds is 5. The number of hydrogen-bond acceptors (Lipinski definition) is 3. The molecule has 0 bridgehead atoms. The molecule has 1 aromatic rings. The molecule has 4 heteroatoms. The molecule has 0 saturated carbocycles. The van der Waals surface area contributed by atoms with E-state index in [1.54, 1.807) is 0 Å². The highest BCUT2D eigenvalue weighted by atomic mass is 16.6. The van der Waals surface area contributed by atoms with E-state index in [0.29, 0.717) is 6.54 Å². The van der Waals surface area contributed by atoms with Crippen molar-refractivity contribution in [3.8, 4) is 0 Å². The van der Waals surface area contributed by atoms with Gasteiger partial charge in [-0.3, -0.25) is 9.63 Å². The molecular weight excluding hydrogens is 204 g/mol. The molecule has 0 fully saturated rings. The molecule has 16 heavy (non-hydrogen) atoms. The molecule has 0 spiro atoms. The highest BCUT2D eigenvalue weighted by Crippen LogP contribution is 2.15. The van der Waals surface area contributed by atoms with Gasteiger partial charge < -0.3 is 5.73 Å². The van der Waals surface area contributed by atoms with Crippen LogP contribution in [-0.2, 0) is 16.2 Å². The standard InChI is InChI=1S/C12H18N2O2/c1-8-4-9(2)11(10(3)5-8)6-14-16-7-12(13)15/h4-5,14H,6-7H2,1-3H3,(H2,13,15). The summed E-state index contributed by atoms with van der Waals surface area (Å²) in [6.07, 6.45) is 0. The van der Waals surface area contributed by atoms with Crippen molar-refractivity contribution in [2.75, 3.05) is 6.61 Å². The van der Waals surface area contributed by atoms with E-state index in [1.807, 2.05) is 0 Å². The average Bonchev–Trinajstić information content (AvgIpc) is 2.14. The second-order valence-corrected chi connectivity index (χ2v) is 3.95. The van der Waals surface area contributed by atoms with Crippen molar-refractivity contribution in [1.29, 1.82) is 0 Å². The van der Waals surface area contributed by atoms with Crippen LogP contribution < -0.4 is 11.2 Å². The zero-order chi connectivity index (χ0) is 12.1. The second kappa shape index (κ2) is 5.63. The van der Waals surface area contributed by atoms with Gasteiger partial charge in [-0.05, 0) is 37.5 Å². The van der Waals surface area contributed by atoms with Crippen molar-refractivity contribution in [2.24, 2.45) is 5.73 Å². The first-order valence-electron chi connectivity index (χ1n) is 5.20. The minimum Gasteiger partial charge on any atom is -0.368 e. The highest BCUT2D eigenvalue weighted by Gasteiger charge is 2.03. The van der Waals surface area contributed by atoms with Crippen LogP contribution in [-0.4, -0.2) is 12.5 Å². The molecule has 0 saturated heterocycles. The highest BCUT2D eigenvalue weighted by molar-refractivity contribution is 5.74. The Morgan fingerprint density at radius 1 is 1.31 bits per heavy atom. The zero-order valence-corrected chi connectivity index (χ0v) is 9.96. The average molecular weight is 222 g/mol. The molecule has 88 valence electrons. The van der Waals surface area contributed by atoms with Gasteiger partial charge in [-0.25, -0.2) is 0 Å². The summed E-state index contributed by atoms with van der Waals surface area (Å²) in [5.74, 6) is -0.482. The predicted octanol–water partition coefficient (Wildman–Crippen LogP) is 1.12. The number of primary amides is 1. The van der Waals surface area contributed by atoms with Gasteiger partial charge in [0.05, 0.1) is 0 Å². The van der Waals surface area contributed by atoms with Crippen molar-refractivity contribution in [3.05, 3.63) is 34.4 Å². The van der Waals surface area contributed by atoms with E-state index in [-0.39, 0.29) is 6.61 Å². The van der Waals surface area contributed by atoms with Crippen LogP contribution in [0.2, 0.25) is 0 Å². The summed E-state index contributed by atoms with van der Waals surface area (Å²) in [4.78, 5) is 15.4. The molecule has 1 amide bonds. The monoisotopic (exact) mass is 222 g/mol. The van der Waals surface area contributed by atoms with E-state index >= 15 is 0 Å². The first-order chi connectivity index (χ1) is 7.50. The third-order valence-electron chi connectivity index (χ3n) is 2.41. The van der Waals surface area contributed by atoms with Crippen LogP contribution >= 0.6 is 0 Å². The minimum atomic E-state index is -0.482. The van der Waals surface area contributed by atoms with Crippen LogP contribution in [0.4, 0.5) is 0 Å². The summed E-state index contributed by atoms with van der Waals surface area (Å²) in [7, 11) is 0. The van der Waals surface area contributed by atoms with Crippen LogP contribution in [0.25, 0.3) is 0 Å². The fourth-order valence-electron chi connectivity index (χ4n) is 1.73. The quantitative estimate of drug-likeness (QED) is 0.579. The third kappa shape index (κ3) is 3.64. The SMILES string of the molecule is Cc1cc(C)c(CNOCC(N)=O)c(C)c1. The number of hydroxylamine groups is 1. The summed E-state index contributed by atoms with van der Waals surface area (Å²) < 4.78 is 0. The molecule has 4 nitrogen and oxygen atoms in total. The lowest BCUT2D eigenvalue weighted by Gasteiger charge is -2.11. The molecule has 0 unspecified atom stereocenters. The number of nitrogens with two attached hydrogens (primary N) is 1. The van der Waals surface area contributed by atoms with Gasteiger partial charge in [0, 0.05) is 6.54 Å². The van der Waals surface area contributed by atoms with Gasteiger partial charge in [0.15, 0.2) is 0 Å². The van der Waals surface area contributed by atoms with Crippen molar-refractivity contribution in [1.82, 2.24) is 5.48 Å². The maximum absolute atomic E-state index is 10.4. The van der Waals surface area contributed by atoms with Gasteiger partial charge >= 0.3 is 0 Å². The van der Waals surface area contributed by atoms with Crippen molar-refractivity contribution in [2.45, 2.75) is 27.3 Å². The number of aryl methyl sites for hydroxylation is 3. The van der Waals surface area contributed by atoms with Crippen molar-refractivity contribution < 1.29 is 9.63 Å². The van der Waals surface area contributed by atoms with Gasteiger partial charge in [-0.1, -0.05) is 17.7 Å². The molecule has 0 aliphatic rings. The first-order valence-corrected chi connectivity index (χ1v) is 5.20. The lowest BCUT2D eigenvalue weighted by atomic mass is 10.0. The lowest BCUT2D eigenvalue weighted by Crippen LogP contribution is -2.25. The Balaban J connectivity index is 2.57. The molecule has 0 radical (unpaired) electrons. The third-order valence-corrected chi connectivity index (χ3v) is 2.41. The molecule has 0 atom stereocenters. The summed E-state index contributed by atoms with van der Waals surface area (Å²) in [5.41, 5.74) is 12.5. The topological polar surface area (TPSA) is 64.3 Å². The smallest absolute Gasteiger partial charge is 0.245 e. The minimum absolute atomic E-state index is 0.107. The van der Waals surface area contributed by atoms with Gasteiger partial charge in [0.2, 0.25) is 5.91 Å². The van der Waals surface area contributed by atoms with Gasteiger partial charge in [-0.15, -0.1) is 0 Å². The fraction of sp³-hybridized carbons (Fsp3) is 0.417. The summed E-state index contributed by atoms with van der Waals surface area (Å²) in [5, 5.41) is 0. The van der Waals surface area contributed by atoms with E-state index in [2.05, 4.69) is 38.4 Å². The number of amides is 1. The Morgan fingerprint density at radius 2 is 1.88 bits per heavy atom. The maximum atomic E-state index is 10.4. The summed E-state index contributed by atoms with van der Waals surface area (Å²) in [6, 6.07) is 4.25. The Morgan fingerprint density at radius 3 is 2.38 bits per heavy atom. The van der Waals surface area contributed by atoms with Crippen LogP contribution in [0.1, 0.15) is 22.3 Å². The Hall–Kier alpha value is -1.39. The Kier molecular flexibility index (Phi) is 4.46. The van der Waals surface area contributed by atoms with Crippen LogP contribution in [0, 0.1) is 20.8 Å². The maximum Gasteiger partial charge on any atom is 0.245 e. The van der Waals surface area contributed by atoms with E-state index in [4.69, 9.17) is 10.6 Å². The number of nitrogens with one attached hydrogen (secondary N) is 1. The van der Waals surface area contributed by atoms with E-state index in [1.165, 1.54) is 22.3 Å². The van der Waals surface area contributed by atoms with Gasteiger partial charge in [0.1, 0.15) is 6.61 Å². The molecule has 0 aliphatic carbocycles. The van der Waals surface area contributed by atoms with E-state index in [0.717, 1.165) is 0 Å². The molecule has 0 heterocycles. The Labute approximate surface area is 95.7 Å². The van der Waals surface area contributed by atoms with Gasteiger partial charge in [0.25, 0.3) is 0 Å². The van der Waals surface area contributed by atoms with Crippen molar-refractivity contribution >= 4 is 5.91 Å². The predicted molar refractivity (Wildman–Crippen MR) is 62.6 cm³/mol. The van der Waals surface area contributed by atoms with Crippen molar-refractivity contribution in [3.63, 3.8) is 0 Å². The first kappa shape index (κ1) is 12.7. The van der Waals surface area contributed by atoms with Gasteiger partial charge in [-0.2, -0.15) is 5.48 Å². The largest absolute Gasteiger partial charge is 0.368 e.